The number of anilines is 1. The Balaban J connectivity index is 2.60. The molecule has 1 aromatic rings. The van der Waals surface area contributed by atoms with Crippen LogP contribution in [0.5, 0.6) is 0 Å². The maximum absolute atomic E-state index is 10.6. The van der Waals surface area contributed by atoms with Crippen molar-refractivity contribution in [2.75, 3.05) is 11.9 Å². The molecule has 1 aromatic carbocycles. The van der Waals surface area contributed by atoms with E-state index in [1.54, 1.807) is 13.0 Å². The molecule has 0 saturated carbocycles. The average molecular weight is 247 g/mol. The number of hydrogen-bond donors (Lipinski definition) is 2. The second kappa shape index (κ2) is 5.71. The minimum atomic E-state index is -0.875. The van der Waals surface area contributed by atoms with Gasteiger partial charge < -0.3 is 10.4 Å². The van der Waals surface area contributed by atoms with Gasteiger partial charge in [-0.1, -0.05) is 39.0 Å². The molecule has 2 N–H and O–H groups in total. The van der Waals surface area contributed by atoms with Crippen molar-refractivity contribution in [2.24, 2.45) is 0 Å². The summed E-state index contributed by atoms with van der Waals surface area (Å²) in [5, 5.41) is 11.9. The standard InChI is InChI=1S/C15H21NO2/c1-11(14(17)18)9-10-16-13-7-5-12(6-8-13)15(2,3)4/h5-9,16H,10H2,1-4H3,(H,17,18)/b11-9-. The van der Waals surface area contributed by atoms with E-state index >= 15 is 0 Å². The van der Waals surface area contributed by atoms with E-state index in [4.69, 9.17) is 5.11 Å². The van der Waals surface area contributed by atoms with E-state index in [9.17, 15) is 4.79 Å². The Bertz CT molecular complexity index is 439. The molecule has 0 spiro atoms. The van der Waals surface area contributed by atoms with Gasteiger partial charge in [-0.2, -0.15) is 0 Å². The summed E-state index contributed by atoms with van der Waals surface area (Å²) in [5.74, 6) is -0.875. The monoisotopic (exact) mass is 247 g/mol. The van der Waals surface area contributed by atoms with Gasteiger partial charge in [0.25, 0.3) is 0 Å². The molecule has 0 heterocycles. The molecule has 98 valence electrons. The number of carboxylic acids is 1. The summed E-state index contributed by atoms with van der Waals surface area (Å²) >= 11 is 0. The van der Waals surface area contributed by atoms with Crippen LogP contribution < -0.4 is 5.32 Å². The van der Waals surface area contributed by atoms with Crippen LogP contribution in [-0.2, 0) is 10.2 Å². The molecule has 0 unspecified atom stereocenters. The molecule has 0 atom stereocenters. The zero-order valence-corrected chi connectivity index (χ0v) is 11.4. The highest BCUT2D eigenvalue weighted by atomic mass is 16.4. The van der Waals surface area contributed by atoms with E-state index in [1.165, 1.54) is 5.56 Å². The average Bonchev–Trinajstić information content (AvgIpc) is 2.28. The summed E-state index contributed by atoms with van der Waals surface area (Å²) in [4.78, 5) is 10.6. The Kier molecular flexibility index (Phi) is 4.54. The molecule has 1 rings (SSSR count). The van der Waals surface area contributed by atoms with Crippen LogP contribution in [0, 0.1) is 0 Å². The number of benzene rings is 1. The quantitative estimate of drug-likeness (QED) is 0.801. The van der Waals surface area contributed by atoms with Crippen LogP contribution in [-0.4, -0.2) is 17.6 Å². The third kappa shape index (κ3) is 4.24. The number of carboxylic acid groups (broad SMARTS) is 1. The Labute approximate surface area is 109 Å². The molecule has 18 heavy (non-hydrogen) atoms. The lowest BCUT2D eigenvalue weighted by Gasteiger charge is -2.19. The summed E-state index contributed by atoms with van der Waals surface area (Å²) in [6.45, 7) is 8.64. The van der Waals surface area contributed by atoms with Crippen molar-refractivity contribution >= 4 is 11.7 Å². The maximum Gasteiger partial charge on any atom is 0.331 e. The molecular formula is C15H21NO2. The van der Waals surface area contributed by atoms with Crippen molar-refractivity contribution in [2.45, 2.75) is 33.1 Å². The summed E-state index contributed by atoms with van der Waals surface area (Å²) in [6.07, 6.45) is 1.67. The van der Waals surface area contributed by atoms with E-state index in [1.807, 2.05) is 12.1 Å². The molecule has 0 fully saturated rings. The van der Waals surface area contributed by atoms with Crippen LogP contribution in [0.1, 0.15) is 33.3 Å². The number of hydrogen-bond acceptors (Lipinski definition) is 2. The summed E-state index contributed by atoms with van der Waals surface area (Å²) in [7, 11) is 0. The molecule has 3 heteroatoms. The topological polar surface area (TPSA) is 49.3 Å². The summed E-state index contributed by atoms with van der Waals surface area (Å²) in [5.41, 5.74) is 2.79. The lowest BCUT2D eigenvalue weighted by atomic mass is 9.87. The normalized spacial score (nSPS) is 12.3. The van der Waals surface area contributed by atoms with Gasteiger partial charge in [-0.25, -0.2) is 4.79 Å². The third-order valence-corrected chi connectivity index (χ3v) is 2.80. The highest BCUT2D eigenvalue weighted by Gasteiger charge is 2.12. The fourth-order valence-corrected chi connectivity index (χ4v) is 1.50. The Morgan fingerprint density at radius 1 is 1.28 bits per heavy atom. The zero-order valence-electron chi connectivity index (χ0n) is 11.4. The lowest BCUT2D eigenvalue weighted by Crippen LogP contribution is -2.11. The van der Waals surface area contributed by atoms with Gasteiger partial charge in [0, 0.05) is 17.8 Å². The Morgan fingerprint density at radius 2 is 1.83 bits per heavy atom. The van der Waals surface area contributed by atoms with Gasteiger partial charge in [-0.15, -0.1) is 0 Å². The van der Waals surface area contributed by atoms with Crippen molar-refractivity contribution in [3.05, 3.63) is 41.5 Å². The minimum Gasteiger partial charge on any atom is -0.478 e. The fourth-order valence-electron chi connectivity index (χ4n) is 1.50. The molecule has 0 bridgehead atoms. The number of carbonyl (C=O) groups is 1. The van der Waals surface area contributed by atoms with E-state index in [2.05, 4.69) is 38.2 Å². The fraction of sp³-hybridized carbons (Fsp3) is 0.400. The van der Waals surface area contributed by atoms with E-state index in [0.717, 1.165) is 5.69 Å². The van der Waals surface area contributed by atoms with Crippen LogP contribution in [0.4, 0.5) is 5.69 Å². The van der Waals surface area contributed by atoms with Gasteiger partial charge in [0.2, 0.25) is 0 Å². The van der Waals surface area contributed by atoms with Crippen LogP contribution in [0.15, 0.2) is 35.9 Å². The van der Waals surface area contributed by atoms with Crippen molar-refractivity contribution in [3.8, 4) is 0 Å². The van der Waals surface area contributed by atoms with Gasteiger partial charge in [-0.05, 0) is 30.0 Å². The summed E-state index contributed by atoms with van der Waals surface area (Å²) < 4.78 is 0. The van der Waals surface area contributed by atoms with E-state index in [0.29, 0.717) is 12.1 Å². The molecule has 0 saturated heterocycles. The van der Waals surface area contributed by atoms with Gasteiger partial charge >= 0.3 is 5.97 Å². The molecule has 0 amide bonds. The predicted octanol–water partition coefficient (Wildman–Crippen LogP) is 3.43. The first-order valence-corrected chi connectivity index (χ1v) is 6.05. The SMILES string of the molecule is C/C(=C/CNc1ccc(C(C)(C)C)cc1)C(=O)O. The largest absolute Gasteiger partial charge is 0.478 e. The Morgan fingerprint density at radius 3 is 2.28 bits per heavy atom. The van der Waals surface area contributed by atoms with Crippen molar-refractivity contribution in [1.29, 1.82) is 0 Å². The predicted molar refractivity (Wildman–Crippen MR) is 75.0 cm³/mol. The smallest absolute Gasteiger partial charge is 0.331 e. The lowest BCUT2D eigenvalue weighted by molar-refractivity contribution is -0.132. The highest BCUT2D eigenvalue weighted by Crippen LogP contribution is 2.23. The number of aliphatic carboxylic acids is 1. The zero-order chi connectivity index (χ0) is 13.8. The van der Waals surface area contributed by atoms with Crippen LogP contribution in [0.3, 0.4) is 0 Å². The van der Waals surface area contributed by atoms with E-state index in [-0.39, 0.29) is 5.41 Å². The molecule has 0 aliphatic heterocycles. The first kappa shape index (κ1) is 14.3. The Hall–Kier alpha value is -1.77. The van der Waals surface area contributed by atoms with E-state index < -0.39 is 5.97 Å². The van der Waals surface area contributed by atoms with Crippen molar-refractivity contribution in [3.63, 3.8) is 0 Å². The molecule has 0 aromatic heterocycles. The highest BCUT2D eigenvalue weighted by molar-refractivity contribution is 5.85. The second-order valence-electron chi connectivity index (χ2n) is 5.40. The number of nitrogens with one attached hydrogen (secondary N) is 1. The van der Waals surface area contributed by atoms with Crippen molar-refractivity contribution < 1.29 is 9.90 Å². The molecule has 3 nitrogen and oxygen atoms in total. The summed E-state index contributed by atoms with van der Waals surface area (Å²) in [6, 6.07) is 8.22. The first-order chi connectivity index (χ1) is 8.30. The van der Waals surface area contributed by atoms with Gasteiger partial charge in [0.15, 0.2) is 0 Å². The van der Waals surface area contributed by atoms with Gasteiger partial charge in [-0.3, -0.25) is 0 Å². The van der Waals surface area contributed by atoms with Crippen LogP contribution >= 0.6 is 0 Å². The minimum absolute atomic E-state index is 0.151. The molecule has 0 aliphatic carbocycles. The van der Waals surface area contributed by atoms with Crippen LogP contribution in [0.25, 0.3) is 0 Å². The number of rotatable bonds is 4. The second-order valence-corrected chi connectivity index (χ2v) is 5.40. The van der Waals surface area contributed by atoms with Gasteiger partial charge in [0.1, 0.15) is 0 Å². The van der Waals surface area contributed by atoms with Crippen LogP contribution in [0.2, 0.25) is 0 Å². The third-order valence-electron chi connectivity index (χ3n) is 2.80. The molecule has 0 aliphatic rings. The molecule has 0 radical (unpaired) electrons. The van der Waals surface area contributed by atoms with Crippen molar-refractivity contribution in [1.82, 2.24) is 0 Å². The molecular weight excluding hydrogens is 226 g/mol. The first-order valence-electron chi connectivity index (χ1n) is 6.05. The maximum atomic E-state index is 10.6. The van der Waals surface area contributed by atoms with Gasteiger partial charge in [0.05, 0.1) is 0 Å².